The fraction of sp³-hybridized carbons (Fsp3) is 0.947. The van der Waals surface area contributed by atoms with Gasteiger partial charge in [-0.2, -0.15) is 0 Å². The fourth-order valence-corrected chi connectivity index (χ4v) is 3.47. The van der Waals surface area contributed by atoms with Gasteiger partial charge in [0.25, 0.3) is 0 Å². The predicted octanol–water partition coefficient (Wildman–Crippen LogP) is 1.86. The summed E-state index contributed by atoms with van der Waals surface area (Å²) in [4.78, 5) is 9.43. The number of nitrogens with zero attached hydrogens (tertiary/aromatic N) is 3. The molecule has 154 valence electrons. The van der Waals surface area contributed by atoms with Gasteiger partial charge in [0, 0.05) is 39.8 Å². The van der Waals surface area contributed by atoms with Crippen molar-refractivity contribution in [2.24, 2.45) is 16.8 Å². The number of nitrogens with one attached hydrogen (secondary N) is 2. The standard InChI is InChI=1S/C19H39N5O.HI/c1-17(2)4-8-23-9-5-18(6-10-23)16-22-19(20-3)21-7-11-24-12-14-25-15-13-24;/h17-18H,4-16H2,1-3H3,(H2,20,21,22);1H. The van der Waals surface area contributed by atoms with Crippen LogP contribution in [0.4, 0.5) is 0 Å². The van der Waals surface area contributed by atoms with Gasteiger partial charge in [-0.15, -0.1) is 24.0 Å². The van der Waals surface area contributed by atoms with Crippen LogP contribution in [0.2, 0.25) is 0 Å². The number of morpholine rings is 1. The normalized spacial score (nSPS) is 20.8. The van der Waals surface area contributed by atoms with E-state index >= 15 is 0 Å². The molecule has 0 atom stereocenters. The number of likely N-dealkylation sites (tertiary alicyclic amines) is 1. The summed E-state index contributed by atoms with van der Waals surface area (Å²) >= 11 is 0. The van der Waals surface area contributed by atoms with Crippen molar-refractivity contribution in [2.75, 3.05) is 72.6 Å². The van der Waals surface area contributed by atoms with Crippen molar-refractivity contribution in [1.82, 2.24) is 20.4 Å². The zero-order valence-electron chi connectivity index (χ0n) is 17.0. The highest BCUT2D eigenvalue weighted by atomic mass is 127. The lowest BCUT2D eigenvalue weighted by Gasteiger charge is -2.32. The van der Waals surface area contributed by atoms with Gasteiger partial charge in [0.05, 0.1) is 13.2 Å². The zero-order valence-corrected chi connectivity index (χ0v) is 19.3. The van der Waals surface area contributed by atoms with Gasteiger partial charge in [-0.3, -0.25) is 9.89 Å². The van der Waals surface area contributed by atoms with Crippen molar-refractivity contribution in [1.29, 1.82) is 0 Å². The summed E-state index contributed by atoms with van der Waals surface area (Å²) in [5.74, 6) is 2.52. The van der Waals surface area contributed by atoms with E-state index in [2.05, 4.69) is 39.3 Å². The Morgan fingerprint density at radius 1 is 1.04 bits per heavy atom. The van der Waals surface area contributed by atoms with Crippen LogP contribution in [-0.2, 0) is 4.74 Å². The van der Waals surface area contributed by atoms with Crippen molar-refractivity contribution in [3.05, 3.63) is 0 Å². The van der Waals surface area contributed by atoms with Crippen molar-refractivity contribution in [2.45, 2.75) is 33.1 Å². The lowest BCUT2D eigenvalue weighted by atomic mass is 9.96. The SMILES string of the molecule is CN=C(NCCN1CCOCC1)NCC1CCN(CCC(C)C)CC1.I. The van der Waals surface area contributed by atoms with E-state index < -0.39 is 0 Å². The third-order valence-corrected chi connectivity index (χ3v) is 5.34. The molecule has 0 spiro atoms. The molecule has 0 bridgehead atoms. The molecule has 2 aliphatic rings. The molecule has 0 aliphatic carbocycles. The Balaban J connectivity index is 0.00000338. The molecule has 6 nitrogen and oxygen atoms in total. The van der Waals surface area contributed by atoms with E-state index in [1.807, 2.05) is 7.05 Å². The third kappa shape index (κ3) is 9.71. The molecule has 2 N–H and O–H groups in total. The molecule has 0 radical (unpaired) electrons. The van der Waals surface area contributed by atoms with Crippen LogP contribution < -0.4 is 10.6 Å². The molecule has 2 aliphatic heterocycles. The molecule has 2 heterocycles. The average molecular weight is 481 g/mol. The summed E-state index contributed by atoms with van der Waals surface area (Å²) in [6.07, 6.45) is 3.92. The minimum Gasteiger partial charge on any atom is -0.379 e. The molecule has 2 saturated heterocycles. The van der Waals surface area contributed by atoms with Gasteiger partial charge in [-0.05, 0) is 50.7 Å². The zero-order chi connectivity index (χ0) is 17.9. The van der Waals surface area contributed by atoms with Crippen LogP contribution >= 0.6 is 24.0 Å². The first-order valence-electron chi connectivity index (χ1n) is 10.1. The Kier molecular flexibility index (Phi) is 12.8. The van der Waals surface area contributed by atoms with E-state index in [-0.39, 0.29) is 24.0 Å². The molecule has 0 saturated carbocycles. The minimum atomic E-state index is 0. The van der Waals surface area contributed by atoms with Crippen molar-refractivity contribution < 1.29 is 4.74 Å². The van der Waals surface area contributed by atoms with Crippen LogP contribution in [0.1, 0.15) is 33.1 Å². The maximum absolute atomic E-state index is 5.39. The molecule has 0 aromatic heterocycles. The molecule has 7 heteroatoms. The topological polar surface area (TPSA) is 52.1 Å². The fourth-order valence-electron chi connectivity index (χ4n) is 3.47. The van der Waals surface area contributed by atoms with Gasteiger partial charge in [0.2, 0.25) is 0 Å². The van der Waals surface area contributed by atoms with Gasteiger partial charge in [0.1, 0.15) is 0 Å². The highest BCUT2D eigenvalue weighted by molar-refractivity contribution is 14.0. The first-order valence-corrected chi connectivity index (χ1v) is 10.1. The van der Waals surface area contributed by atoms with Crippen molar-refractivity contribution in [3.8, 4) is 0 Å². The van der Waals surface area contributed by atoms with Crippen molar-refractivity contribution in [3.63, 3.8) is 0 Å². The predicted molar refractivity (Wildman–Crippen MR) is 121 cm³/mol. The summed E-state index contributed by atoms with van der Waals surface area (Å²) in [6, 6.07) is 0. The maximum Gasteiger partial charge on any atom is 0.191 e. The van der Waals surface area contributed by atoms with Gasteiger partial charge >= 0.3 is 0 Å². The highest BCUT2D eigenvalue weighted by Gasteiger charge is 2.19. The third-order valence-electron chi connectivity index (χ3n) is 5.34. The van der Waals surface area contributed by atoms with E-state index in [0.29, 0.717) is 0 Å². The monoisotopic (exact) mass is 481 g/mol. The number of halogens is 1. The Morgan fingerprint density at radius 3 is 2.31 bits per heavy atom. The minimum absolute atomic E-state index is 0. The first-order chi connectivity index (χ1) is 12.2. The Bertz CT molecular complexity index is 380. The lowest BCUT2D eigenvalue weighted by molar-refractivity contribution is 0.0389. The van der Waals surface area contributed by atoms with E-state index in [9.17, 15) is 0 Å². The summed E-state index contributed by atoms with van der Waals surface area (Å²) in [5.41, 5.74) is 0. The Hall–Kier alpha value is -0.120. The second-order valence-corrected chi connectivity index (χ2v) is 7.80. The van der Waals surface area contributed by atoms with Crippen LogP contribution in [0.25, 0.3) is 0 Å². The molecule has 0 aromatic rings. The first kappa shape index (κ1) is 23.9. The molecule has 2 rings (SSSR count). The van der Waals surface area contributed by atoms with E-state index in [4.69, 9.17) is 4.74 Å². The molecule has 26 heavy (non-hydrogen) atoms. The Morgan fingerprint density at radius 2 is 1.69 bits per heavy atom. The van der Waals surface area contributed by atoms with E-state index in [1.165, 1.54) is 38.9 Å². The second-order valence-electron chi connectivity index (χ2n) is 7.80. The number of ether oxygens (including phenoxy) is 1. The molecule has 0 unspecified atom stereocenters. The molecule has 2 fully saturated rings. The summed E-state index contributed by atoms with van der Waals surface area (Å²) < 4.78 is 5.39. The van der Waals surface area contributed by atoms with Gasteiger partial charge in [-0.1, -0.05) is 13.8 Å². The largest absolute Gasteiger partial charge is 0.379 e. The Labute approximate surface area is 177 Å². The number of aliphatic imine (C=N–C) groups is 1. The number of rotatable bonds is 8. The lowest BCUT2D eigenvalue weighted by Crippen LogP contribution is -2.46. The summed E-state index contributed by atoms with van der Waals surface area (Å²) in [5, 5.41) is 6.96. The summed E-state index contributed by atoms with van der Waals surface area (Å²) in [6.45, 7) is 15.2. The van der Waals surface area contributed by atoms with Crippen LogP contribution in [0.15, 0.2) is 4.99 Å². The molecular weight excluding hydrogens is 441 g/mol. The molecule has 0 amide bonds. The number of hydrogen-bond donors (Lipinski definition) is 2. The highest BCUT2D eigenvalue weighted by Crippen LogP contribution is 2.17. The van der Waals surface area contributed by atoms with Crippen LogP contribution in [0, 0.1) is 11.8 Å². The quantitative estimate of drug-likeness (QED) is 0.315. The number of piperidine rings is 1. The molecule has 0 aromatic carbocycles. The van der Waals surface area contributed by atoms with Crippen LogP contribution in [0.5, 0.6) is 0 Å². The molecular formula is C19H40IN5O. The second kappa shape index (κ2) is 14.0. The average Bonchev–Trinajstić information content (AvgIpc) is 2.64. The maximum atomic E-state index is 5.39. The summed E-state index contributed by atoms with van der Waals surface area (Å²) in [7, 11) is 1.86. The van der Waals surface area contributed by atoms with Gasteiger partial charge in [-0.25, -0.2) is 0 Å². The van der Waals surface area contributed by atoms with E-state index in [1.54, 1.807) is 0 Å². The smallest absolute Gasteiger partial charge is 0.191 e. The van der Waals surface area contributed by atoms with Crippen LogP contribution in [-0.4, -0.2) is 88.4 Å². The van der Waals surface area contributed by atoms with Crippen LogP contribution in [0.3, 0.4) is 0 Å². The van der Waals surface area contributed by atoms with E-state index in [0.717, 1.165) is 63.7 Å². The number of hydrogen-bond acceptors (Lipinski definition) is 4. The van der Waals surface area contributed by atoms with Gasteiger partial charge < -0.3 is 20.3 Å². The number of guanidine groups is 1. The van der Waals surface area contributed by atoms with Crippen molar-refractivity contribution >= 4 is 29.9 Å². The van der Waals surface area contributed by atoms with Gasteiger partial charge in [0.15, 0.2) is 5.96 Å².